The number of phenolic OH excluding ortho intramolecular Hbond substituents is 1. The Bertz CT molecular complexity index is 369. The van der Waals surface area contributed by atoms with Crippen molar-refractivity contribution in [1.82, 2.24) is 5.32 Å². The molecule has 94 valence electrons. The summed E-state index contributed by atoms with van der Waals surface area (Å²) in [6.07, 6.45) is 0.651. The molecule has 1 aromatic rings. The molecule has 0 radical (unpaired) electrons. The first-order valence-corrected chi connectivity index (χ1v) is 5.45. The Morgan fingerprint density at radius 3 is 3.00 bits per heavy atom. The molecule has 1 unspecified atom stereocenters. The fraction of sp³-hybridized carbons (Fsp3) is 0.417. The molecule has 5 heteroatoms. The monoisotopic (exact) mass is 238 g/mol. The maximum atomic E-state index is 11.6. The van der Waals surface area contributed by atoms with E-state index < -0.39 is 0 Å². The number of methoxy groups -OCH3 is 1. The highest BCUT2D eigenvalue weighted by molar-refractivity contribution is 5.94. The number of nitrogens with two attached hydrogens (primary N) is 1. The van der Waals surface area contributed by atoms with E-state index in [1.165, 1.54) is 12.1 Å². The number of carbonyl (C=O) groups excluding carboxylic acids is 1. The van der Waals surface area contributed by atoms with E-state index in [-0.39, 0.29) is 17.7 Å². The van der Waals surface area contributed by atoms with Gasteiger partial charge in [-0.15, -0.1) is 0 Å². The summed E-state index contributed by atoms with van der Waals surface area (Å²) in [5.74, 6) is -0.140. The van der Waals surface area contributed by atoms with Crippen LogP contribution in [0.25, 0.3) is 0 Å². The molecule has 0 saturated heterocycles. The molecule has 1 aromatic carbocycles. The molecule has 0 spiro atoms. The second-order valence-electron chi connectivity index (χ2n) is 3.81. The normalized spacial score (nSPS) is 12.1. The van der Waals surface area contributed by atoms with Gasteiger partial charge in [-0.25, -0.2) is 0 Å². The van der Waals surface area contributed by atoms with Gasteiger partial charge < -0.3 is 20.9 Å². The second kappa shape index (κ2) is 6.88. The third kappa shape index (κ3) is 4.84. The van der Waals surface area contributed by atoms with Gasteiger partial charge in [0.1, 0.15) is 5.75 Å². The third-order valence-corrected chi connectivity index (χ3v) is 2.29. The fourth-order valence-corrected chi connectivity index (χ4v) is 1.42. The lowest BCUT2D eigenvalue weighted by Gasteiger charge is -2.11. The minimum absolute atomic E-state index is 0.0775. The van der Waals surface area contributed by atoms with Crippen molar-refractivity contribution in [2.75, 3.05) is 20.3 Å². The predicted octanol–water partition coefficient (Wildman–Crippen LogP) is 0.486. The van der Waals surface area contributed by atoms with Gasteiger partial charge in [-0.3, -0.25) is 4.79 Å². The molecule has 0 heterocycles. The van der Waals surface area contributed by atoms with Crippen LogP contribution < -0.4 is 11.1 Å². The van der Waals surface area contributed by atoms with Crippen molar-refractivity contribution in [3.8, 4) is 5.75 Å². The summed E-state index contributed by atoms with van der Waals surface area (Å²) in [7, 11) is 1.59. The van der Waals surface area contributed by atoms with Gasteiger partial charge >= 0.3 is 0 Å². The van der Waals surface area contributed by atoms with Crippen LogP contribution in [0.4, 0.5) is 0 Å². The lowest BCUT2D eigenvalue weighted by atomic mass is 10.2. The van der Waals surface area contributed by atoms with Crippen molar-refractivity contribution < 1.29 is 14.6 Å². The molecule has 0 saturated carbocycles. The maximum Gasteiger partial charge on any atom is 0.251 e. The van der Waals surface area contributed by atoms with Crippen LogP contribution >= 0.6 is 0 Å². The summed E-state index contributed by atoms with van der Waals surface area (Å²) in [6, 6.07) is 6.13. The first-order valence-electron chi connectivity index (χ1n) is 5.45. The molecule has 0 aliphatic carbocycles. The molecular formula is C12H18N2O3. The number of hydrogen-bond acceptors (Lipinski definition) is 4. The minimum Gasteiger partial charge on any atom is -0.508 e. The van der Waals surface area contributed by atoms with Crippen molar-refractivity contribution in [2.24, 2.45) is 5.73 Å². The van der Waals surface area contributed by atoms with Crippen LogP contribution in [-0.4, -0.2) is 37.3 Å². The standard InChI is InChI=1S/C12H18N2O3/c1-17-8-10(13)5-6-14-12(16)9-3-2-4-11(15)7-9/h2-4,7,10,15H,5-6,8,13H2,1H3,(H,14,16). The summed E-state index contributed by atoms with van der Waals surface area (Å²) in [5.41, 5.74) is 6.15. The topological polar surface area (TPSA) is 84.6 Å². The average molecular weight is 238 g/mol. The molecule has 4 N–H and O–H groups in total. The molecular weight excluding hydrogens is 220 g/mol. The zero-order chi connectivity index (χ0) is 12.7. The highest BCUT2D eigenvalue weighted by Crippen LogP contribution is 2.10. The van der Waals surface area contributed by atoms with Crippen LogP contribution in [0.3, 0.4) is 0 Å². The molecule has 1 rings (SSSR count). The summed E-state index contributed by atoms with van der Waals surface area (Å²) < 4.78 is 4.89. The Morgan fingerprint density at radius 1 is 1.59 bits per heavy atom. The van der Waals surface area contributed by atoms with Gasteiger partial charge in [0, 0.05) is 25.3 Å². The van der Waals surface area contributed by atoms with Crippen molar-refractivity contribution in [1.29, 1.82) is 0 Å². The van der Waals surface area contributed by atoms with E-state index >= 15 is 0 Å². The molecule has 1 atom stereocenters. The Morgan fingerprint density at radius 2 is 2.35 bits per heavy atom. The van der Waals surface area contributed by atoms with Crippen molar-refractivity contribution in [2.45, 2.75) is 12.5 Å². The fourth-order valence-electron chi connectivity index (χ4n) is 1.42. The number of ether oxygens (including phenoxy) is 1. The number of aromatic hydroxyl groups is 1. The predicted molar refractivity (Wildman–Crippen MR) is 64.9 cm³/mol. The Hall–Kier alpha value is -1.59. The van der Waals surface area contributed by atoms with Crippen LogP contribution in [0.5, 0.6) is 5.75 Å². The molecule has 0 bridgehead atoms. The number of phenols is 1. The van der Waals surface area contributed by atoms with Gasteiger partial charge in [-0.2, -0.15) is 0 Å². The van der Waals surface area contributed by atoms with Crippen LogP contribution in [0, 0.1) is 0 Å². The molecule has 1 amide bonds. The maximum absolute atomic E-state index is 11.6. The quantitative estimate of drug-likeness (QED) is 0.673. The van der Waals surface area contributed by atoms with Gasteiger partial charge in [-0.1, -0.05) is 6.07 Å². The van der Waals surface area contributed by atoms with Crippen molar-refractivity contribution in [3.63, 3.8) is 0 Å². The number of amides is 1. The summed E-state index contributed by atoms with van der Waals surface area (Å²) in [4.78, 5) is 11.6. The summed E-state index contributed by atoms with van der Waals surface area (Å²) >= 11 is 0. The van der Waals surface area contributed by atoms with Crippen LogP contribution in [0.2, 0.25) is 0 Å². The first-order chi connectivity index (χ1) is 8.13. The van der Waals surface area contributed by atoms with Gasteiger partial charge in [-0.05, 0) is 24.6 Å². The SMILES string of the molecule is COCC(N)CCNC(=O)c1cccc(O)c1. The number of nitrogens with one attached hydrogen (secondary N) is 1. The average Bonchev–Trinajstić information content (AvgIpc) is 2.29. The molecule has 0 aromatic heterocycles. The van der Waals surface area contributed by atoms with Crippen molar-refractivity contribution in [3.05, 3.63) is 29.8 Å². The number of benzene rings is 1. The van der Waals surface area contributed by atoms with Crippen LogP contribution in [-0.2, 0) is 4.74 Å². The van der Waals surface area contributed by atoms with Crippen LogP contribution in [0.15, 0.2) is 24.3 Å². The van der Waals surface area contributed by atoms with E-state index in [0.29, 0.717) is 25.1 Å². The Labute approximate surface area is 101 Å². The van der Waals surface area contributed by atoms with Crippen molar-refractivity contribution >= 4 is 5.91 Å². The van der Waals surface area contributed by atoms with E-state index in [2.05, 4.69) is 5.32 Å². The highest BCUT2D eigenvalue weighted by Gasteiger charge is 2.07. The molecule has 0 fully saturated rings. The molecule has 0 aliphatic heterocycles. The lowest BCUT2D eigenvalue weighted by Crippen LogP contribution is -2.32. The molecule has 5 nitrogen and oxygen atoms in total. The van der Waals surface area contributed by atoms with Gasteiger partial charge in [0.05, 0.1) is 6.61 Å². The van der Waals surface area contributed by atoms with E-state index in [0.717, 1.165) is 0 Å². The summed E-state index contributed by atoms with van der Waals surface area (Å²) in [6.45, 7) is 0.959. The minimum atomic E-state index is -0.217. The largest absolute Gasteiger partial charge is 0.508 e. The Balaban J connectivity index is 2.35. The van der Waals surface area contributed by atoms with E-state index in [9.17, 15) is 9.90 Å². The molecule has 0 aliphatic rings. The zero-order valence-electron chi connectivity index (χ0n) is 9.85. The Kier molecular flexibility index (Phi) is 5.45. The van der Waals surface area contributed by atoms with Gasteiger partial charge in [0.15, 0.2) is 0 Å². The smallest absolute Gasteiger partial charge is 0.251 e. The van der Waals surface area contributed by atoms with E-state index in [1.54, 1.807) is 19.2 Å². The second-order valence-corrected chi connectivity index (χ2v) is 3.81. The lowest BCUT2D eigenvalue weighted by molar-refractivity contribution is 0.0949. The first kappa shape index (κ1) is 13.5. The third-order valence-electron chi connectivity index (χ3n) is 2.29. The zero-order valence-corrected chi connectivity index (χ0v) is 9.85. The van der Waals surface area contributed by atoms with E-state index in [4.69, 9.17) is 10.5 Å². The van der Waals surface area contributed by atoms with Gasteiger partial charge in [0.2, 0.25) is 0 Å². The van der Waals surface area contributed by atoms with Gasteiger partial charge in [0.25, 0.3) is 5.91 Å². The van der Waals surface area contributed by atoms with Crippen LogP contribution in [0.1, 0.15) is 16.8 Å². The summed E-state index contributed by atoms with van der Waals surface area (Å²) in [5, 5.41) is 12.0. The van der Waals surface area contributed by atoms with E-state index in [1.807, 2.05) is 0 Å². The molecule has 17 heavy (non-hydrogen) atoms. The number of rotatable bonds is 6. The number of hydrogen-bond donors (Lipinski definition) is 3. The number of carbonyl (C=O) groups is 1. The highest BCUT2D eigenvalue weighted by atomic mass is 16.5.